The average molecular weight is 267 g/mol. The lowest BCUT2D eigenvalue weighted by Gasteiger charge is -2.34. The van der Waals surface area contributed by atoms with Crippen molar-refractivity contribution < 1.29 is 4.79 Å². The normalized spacial score (nSPS) is 16.6. The number of benzene rings is 1. The van der Waals surface area contributed by atoms with Crippen molar-refractivity contribution in [1.82, 2.24) is 10.2 Å². The van der Waals surface area contributed by atoms with E-state index in [0.717, 1.165) is 32.5 Å². The lowest BCUT2D eigenvalue weighted by Crippen LogP contribution is -2.46. The Hall–Kier alpha value is -1.06. The fraction of sp³-hybridized carbons (Fsp3) is 0.500. The van der Waals surface area contributed by atoms with E-state index in [-0.39, 0.29) is 5.91 Å². The number of nitrogens with one attached hydrogen (secondary N) is 1. The Bertz CT molecular complexity index is 416. The Morgan fingerprint density at radius 3 is 2.78 bits per heavy atom. The topological polar surface area (TPSA) is 32.3 Å². The summed E-state index contributed by atoms with van der Waals surface area (Å²) in [6, 6.07) is 7.54. The maximum atomic E-state index is 12.5. The molecule has 1 aromatic carbocycles. The van der Waals surface area contributed by atoms with E-state index >= 15 is 0 Å². The van der Waals surface area contributed by atoms with Gasteiger partial charge < -0.3 is 10.2 Å². The maximum absolute atomic E-state index is 12.5. The summed E-state index contributed by atoms with van der Waals surface area (Å²) in [4.78, 5) is 14.4. The van der Waals surface area contributed by atoms with Gasteiger partial charge in [0.05, 0.1) is 0 Å². The largest absolute Gasteiger partial charge is 0.336 e. The van der Waals surface area contributed by atoms with E-state index in [4.69, 9.17) is 11.6 Å². The Labute approximate surface area is 113 Å². The zero-order valence-electron chi connectivity index (χ0n) is 10.7. The summed E-state index contributed by atoms with van der Waals surface area (Å²) >= 11 is 5.94. The highest BCUT2D eigenvalue weighted by molar-refractivity contribution is 6.30. The van der Waals surface area contributed by atoms with E-state index < -0.39 is 0 Å². The van der Waals surface area contributed by atoms with Crippen LogP contribution in [-0.4, -0.2) is 36.5 Å². The van der Waals surface area contributed by atoms with Crippen molar-refractivity contribution in [1.29, 1.82) is 0 Å². The fourth-order valence-corrected chi connectivity index (χ4v) is 2.66. The second-order valence-electron chi connectivity index (χ2n) is 4.58. The van der Waals surface area contributed by atoms with E-state index in [0.29, 0.717) is 16.6 Å². The number of hydrogen-bond acceptors (Lipinski definition) is 2. The third-order valence-corrected chi connectivity index (χ3v) is 3.66. The molecule has 0 atom stereocenters. The van der Waals surface area contributed by atoms with Crippen molar-refractivity contribution in [2.75, 3.05) is 19.6 Å². The Morgan fingerprint density at radius 1 is 1.44 bits per heavy atom. The number of amides is 1. The molecule has 2 rings (SSSR count). The van der Waals surface area contributed by atoms with Crippen LogP contribution in [0.2, 0.25) is 5.02 Å². The molecule has 1 amide bonds. The first kappa shape index (κ1) is 13.4. The van der Waals surface area contributed by atoms with Crippen molar-refractivity contribution in [3.05, 3.63) is 34.9 Å². The molecular weight excluding hydrogens is 248 g/mol. The Kier molecular flexibility index (Phi) is 4.61. The van der Waals surface area contributed by atoms with Crippen LogP contribution in [0.15, 0.2) is 24.3 Å². The predicted octanol–water partition coefficient (Wildman–Crippen LogP) is 2.55. The smallest absolute Gasteiger partial charge is 0.254 e. The molecule has 0 aliphatic carbocycles. The van der Waals surface area contributed by atoms with Gasteiger partial charge in [0.15, 0.2) is 0 Å². The van der Waals surface area contributed by atoms with Crippen molar-refractivity contribution in [2.24, 2.45) is 0 Å². The predicted molar refractivity (Wildman–Crippen MR) is 74.1 cm³/mol. The molecule has 0 radical (unpaired) electrons. The van der Waals surface area contributed by atoms with Gasteiger partial charge in [-0.2, -0.15) is 0 Å². The van der Waals surface area contributed by atoms with Crippen LogP contribution < -0.4 is 5.32 Å². The van der Waals surface area contributed by atoms with Gasteiger partial charge in [-0.1, -0.05) is 17.7 Å². The van der Waals surface area contributed by atoms with Gasteiger partial charge in [-0.3, -0.25) is 4.79 Å². The van der Waals surface area contributed by atoms with Crippen molar-refractivity contribution in [3.63, 3.8) is 0 Å². The van der Waals surface area contributed by atoms with Gasteiger partial charge >= 0.3 is 0 Å². The average Bonchev–Trinajstić information content (AvgIpc) is 2.41. The summed E-state index contributed by atoms with van der Waals surface area (Å²) < 4.78 is 0. The Morgan fingerprint density at radius 2 is 2.17 bits per heavy atom. The Balaban J connectivity index is 2.14. The number of carbonyl (C=O) groups excluding carboxylic acids is 1. The van der Waals surface area contributed by atoms with E-state index in [1.807, 2.05) is 24.0 Å². The molecule has 1 heterocycles. The molecule has 0 aromatic heterocycles. The van der Waals surface area contributed by atoms with Gasteiger partial charge in [-0.05, 0) is 51.1 Å². The first-order chi connectivity index (χ1) is 8.72. The van der Waals surface area contributed by atoms with E-state index in [2.05, 4.69) is 5.32 Å². The molecule has 1 saturated heterocycles. The molecule has 3 nitrogen and oxygen atoms in total. The van der Waals surface area contributed by atoms with Crippen LogP contribution >= 0.6 is 11.6 Å². The number of hydrogen-bond donors (Lipinski definition) is 1. The second-order valence-corrected chi connectivity index (χ2v) is 5.02. The molecule has 0 spiro atoms. The van der Waals surface area contributed by atoms with Gasteiger partial charge in [0, 0.05) is 23.2 Å². The van der Waals surface area contributed by atoms with Crippen LogP contribution in [0.5, 0.6) is 0 Å². The minimum absolute atomic E-state index is 0.0897. The first-order valence-corrected chi connectivity index (χ1v) is 6.87. The van der Waals surface area contributed by atoms with Crippen molar-refractivity contribution in [3.8, 4) is 0 Å². The van der Waals surface area contributed by atoms with E-state index in [1.54, 1.807) is 12.1 Å². The van der Waals surface area contributed by atoms with Gasteiger partial charge in [0.1, 0.15) is 0 Å². The molecule has 1 fully saturated rings. The molecule has 18 heavy (non-hydrogen) atoms. The SMILES string of the molecule is CCN(C(=O)c1cccc(Cl)c1)C1CCNCC1. The third-order valence-electron chi connectivity index (χ3n) is 3.42. The molecule has 98 valence electrons. The molecule has 0 saturated carbocycles. The minimum atomic E-state index is 0.0897. The van der Waals surface area contributed by atoms with Crippen LogP contribution in [0.25, 0.3) is 0 Å². The van der Waals surface area contributed by atoms with Crippen LogP contribution in [0.3, 0.4) is 0 Å². The van der Waals surface area contributed by atoms with Gasteiger partial charge in [-0.25, -0.2) is 0 Å². The van der Waals surface area contributed by atoms with E-state index in [9.17, 15) is 4.79 Å². The maximum Gasteiger partial charge on any atom is 0.254 e. The molecule has 0 unspecified atom stereocenters. The number of piperidine rings is 1. The molecule has 4 heteroatoms. The summed E-state index contributed by atoms with van der Waals surface area (Å²) in [7, 11) is 0. The first-order valence-electron chi connectivity index (χ1n) is 6.49. The number of halogens is 1. The van der Waals surface area contributed by atoms with Gasteiger partial charge in [0.25, 0.3) is 5.91 Å². The van der Waals surface area contributed by atoms with Crippen molar-refractivity contribution >= 4 is 17.5 Å². The molecule has 1 aliphatic heterocycles. The standard InChI is InChI=1S/C14H19ClN2O/c1-2-17(13-6-8-16-9-7-13)14(18)11-4-3-5-12(15)10-11/h3-5,10,13,16H,2,6-9H2,1H3. The minimum Gasteiger partial charge on any atom is -0.336 e. The molecule has 0 bridgehead atoms. The van der Waals surface area contributed by atoms with Crippen LogP contribution in [-0.2, 0) is 0 Å². The number of nitrogens with zero attached hydrogens (tertiary/aromatic N) is 1. The lowest BCUT2D eigenvalue weighted by atomic mass is 10.0. The van der Waals surface area contributed by atoms with Crippen LogP contribution in [0.1, 0.15) is 30.1 Å². The molecule has 1 N–H and O–H groups in total. The highest BCUT2D eigenvalue weighted by Gasteiger charge is 2.24. The number of carbonyl (C=O) groups is 1. The zero-order valence-corrected chi connectivity index (χ0v) is 11.4. The van der Waals surface area contributed by atoms with Gasteiger partial charge in [0.2, 0.25) is 0 Å². The van der Waals surface area contributed by atoms with Crippen molar-refractivity contribution in [2.45, 2.75) is 25.8 Å². The monoisotopic (exact) mass is 266 g/mol. The quantitative estimate of drug-likeness (QED) is 0.912. The summed E-state index contributed by atoms with van der Waals surface area (Å²) in [5, 5.41) is 3.94. The molecule has 1 aromatic rings. The highest BCUT2D eigenvalue weighted by atomic mass is 35.5. The zero-order chi connectivity index (χ0) is 13.0. The third kappa shape index (κ3) is 3.03. The number of rotatable bonds is 3. The van der Waals surface area contributed by atoms with Gasteiger partial charge in [-0.15, -0.1) is 0 Å². The summed E-state index contributed by atoms with van der Waals surface area (Å²) in [5.74, 6) is 0.0897. The second kappa shape index (κ2) is 6.21. The van der Waals surface area contributed by atoms with E-state index in [1.165, 1.54) is 0 Å². The highest BCUT2D eigenvalue weighted by Crippen LogP contribution is 2.17. The van der Waals surface area contributed by atoms with Crippen LogP contribution in [0, 0.1) is 0 Å². The molecular formula is C14H19ClN2O. The fourth-order valence-electron chi connectivity index (χ4n) is 2.47. The summed E-state index contributed by atoms with van der Waals surface area (Å²) in [6.45, 7) is 4.76. The van der Waals surface area contributed by atoms with Crippen LogP contribution in [0.4, 0.5) is 0 Å². The molecule has 1 aliphatic rings. The lowest BCUT2D eigenvalue weighted by molar-refractivity contribution is 0.0656. The summed E-state index contributed by atoms with van der Waals surface area (Å²) in [5.41, 5.74) is 0.683. The summed E-state index contributed by atoms with van der Waals surface area (Å²) in [6.07, 6.45) is 2.06.